The van der Waals surface area contributed by atoms with Gasteiger partial charge in [-0.3, -0.25) is 0 Å². The van der Waals surface area contributed by atoms with Crippen molar-refractivity contribution in [3.05, 3.63) is 0 Å². The number of hydrogen-bond acceptors (Lipinski definition) is 3. The van der Waals surface area contributed by atoms with Gasteiger partial charge in [-0.05, 0) is 13.3 Å². The van der Waals surface area contributed by atoms with E-state index in [0.29, 0.717) is 6.61 Å². The van der Waals surface area contributed by atoms with Crippen molar-refractivity contribution >= 4 is 5.97 Å². The van der Waals surface area contributed by atoms with Crippen molar-refractivity contribution in [1.29, 1.82) is 0 Å². The molecule has 0 saturated heterocycles. The number of unbranched alkanes of at least 4 members (excludes halogenated alkanes) is 13. The van der Waals surface area contributed by atoms with Gasteiger partial charge in [0, 0.05) is 7.11 Å². The highest BCUT2D eigenvalue weighted by molar-refractivity contribution is 5.74. The summed E-state index contributed by atoms with van der Waals surface area (Å²) in [7, 11) is 1.59. The van der Waals surface area contributed by atoms with Gasteiger partial charge in [0.05, 0.1) is 6.61 Å². The molecule has 0 saturated carbocycles. The molecule has 0 aromatic carbocycles. The minimum Gasteiger partial charge on any atom is -0.464 e. The second kappa shape index (κ2) is 18.8. The van der Waals surface area contributed by atoms with E-state index in [1.54, 1.807) is 7.11 Å². The molecule has 0 aliphatic heterocycles. The summed E-state index contributed by atoms with van der Waals surface area (Å²) in [6.45, 7) is 4.53. The van der Waals surface area contributed by atoms with Gasteiger partial charge < -0.3 is 9.47 Å². The second-order valence-electron chi connectivity index (χ2n) is 6.86. The molecule has 3 nitrogen and oxygen atoms in total. The summed E-state index contributed by atoms with van der Waals surface area (Å²) in [5.41, 5.74) is 0. The molecule has 0 heterocycles. The number of methoxy groups -OCH3 is 1. The molecule has 0 aromatic rings. The fourth-order valence-electron chi connectivity index (χ4n) is 3.09. The highest BCUT2D eigenvalue weighted by Gasteiger charge is 2.17. The summed E-state index contributed by atoms with van der Waals surface area (Å²) in [4.78, 5) is 11.6. The molecule has 3 heteroatoms. The lowest BCUT2D eigenvalue weighted by atomic mass is 10.0. The molecular formula is C21H42O3. The van der Waals surface area contributed by atoms with E-state index in [9.17, 15) is 4.79 Å². The lowest BCUT2D eigenvalue weighted by Gasteiger charge is -2.13. The normalized spacial score (nSPS) is 12.3. The monoisotopic (exact) mass is 342 g/mol. The van der Waals surface area contributed by atoms with Crippen molar-refractivity contribution in [3.8, 4) is 0 Å². The summed E-state index contributed by atoms with van der Waals surface area (Å²) in [5, 5.41) is 0. The van der Waals surface area contributed by atoms with Crippen molar-refractivity contribution in [3.63, 3.8) is 0 Å². The Labute approximate surface area is 150 Å². The molecule has 1 atom stereocenters. The predicted octanol–water partition coefficient (Wildman–Crippen LogP) is 6.44. The van der Waals surface area contributed by atoms with Gasteiger partial charge in [-0.25, -0.2) is 4.79 Å². The van der Waals surface area contributed by atoms with Crippen molar-refractivity contribution in [1.82, 2.24) is 0 Å². The lowest BCUT2D eigenvalue weighted by molar-refractivity contribution is -0.155. The zero-order valence-corrected chi connectivity index (χ0v) is 16.6. The van der Waals surface area contributed by atoms with Gasteiger partial charge in [-0.1, -0.05) is 96.8 Å². The predicted molar refractivity (Wildman–Crippen MR) is 102 cm³/mol. The van der Waals surface area contributed by atoms with Crippen LogP contribution >= 0.6 is 0 Å². The van der Waals surface area contributed by atoms with E-state index < -0.39 is 0 Å². The molecule has 144 valence electrons. The quantitative estimate of drug-likeness (QED) is 0.212. The van der Waals surface area contributed by atoms with Crippen LogP contribution in [0.5, 0.6) is 0 Å². The van der Waals surface area contributed by atoms with Gasteiger partial charge in [0.25, 0.3) is 0 Å². The van der Waals surface area contributed by atoms with Gasteiger partial charge in [-0.2, -0.15) is 0 Å². The van der Waals surface area contributed by atoms with Crippen LogP contribution < -0.4 is 0 Å². The smallest absolute Gasteiger partial charge is 0.335 e. The molecule has 0 rings (SSSR count). The maximum atomic E-state index is 11.6. The highest BCUT2D eigenvalue weighted by atomic mass is 16.6. The molecule has 0 fully saturated rings. The van der Waals surface area contributed by atoms with Gasteiger partial charge in [0.15, 0.2) is 6.10 Å². The molecule has 0 spiro atoms. The first-order valence-electron chi connectivity index (χ1n) is 10.5. The molecule has 24 heavy (non-hydrogen) atoms. The summed E-state index contributed by atoms with van der Waals surface area (Å²) >= 11 is 0. The second-order valence-corrected chi connectivity index (χ2v) is 6.86. The summed E-state index contributed by atoms with van der Waals surface area (Å²) in [6, 6.07) is 0. The molecule has 0 aliphatic carbocycles. The number of rotatable bonds is 18. The van der Waals surface area contributed by atoms with E-state index >= 15 is 0 Å². The highest BCUT2D eigenvalue weighted by Crippen LogP contribution is 2.14. The Balaban J connectivity index is 3.26. The molecule has 0 bridgehead atoms. The zero-order valence-electron chi connectivity index (χ0n) is 16.6. The van der Waals surface area contributed by atoms with Gasteiger partial charge in [0.2, 0.25) is 0 Å². The molecule has 1 unspecified atom stereocenters. The van der Waals surface area contributed by atoms with E-state index in [1.165, 1.54) is 83.5 Å². The van der Waals surface area contributed by atoms with E-state index in [-0.39, 0.29) is 12.1 Å². The number of ether oxygens (including phenoxy) is 2. The number of hydrogen-bond donors (Lipinski definition) is 0. The Kier molecular flexibility index (Phi) is 18.3. The van der Waals surface area contributed by atoms with Gasteiger partial charge >= 0.3 is 5.97 Å². The average Bonchev–Trinajstić information content (AvgIpc) is 2.58. The van der Waals surface area contributed by atoms with Crippen LogP contribution in [-0.4, -0.2) is 25.8 Å². The van der Waals surface area contributed by atoms with Crippen LogP contribution in [0.15, 0.2) is 0 Å². The third kappa shape index (κ3) is 15.0. The van der Waals surface area contributed by atoms with Crippen LogP contribution in [-0.2, 0) is 14.3 Å². The van der Waals surface area contributed by atoms with Crippen molar-refractivity contribution in [2.75, 3.05) is 13.7 Å². The van der Waals surface area contributed by atoms with Gasteiger partial charge in [-0.15, -0.1) is 0 Å². The van der Waals surface area contributed by atoms with Gasteiger partial charge in [0.1, 0.15) is 0 Å². The van der Waals surface area contributed by atoms with Crippen molar-refractivity contribution in [2.45, 2.75) is 116 Å². The van der Waals surface area contributed by atoms with Crippen LogP contribution in [0.4, 0.5) is 0 Å². The Hall–Kier alpha value is -0.570. The van der Waals surface area contributed by atoms with E-state index in [1.807, 2.05) is 6.92 Å². The zero-order chi connectivity index (χ0) is 17.9. The maximum Gasteiger partial charge on any atom is 0.335 e. The Morgan fingerprint density at radius 3 is 1.50 bits per heavy atom. The minimum absolute atomic E-state index is 0.213. The SMILES string of the molecule is CCCCCCCCCCCCCCCCC(OC)C(=O)OCC. The van der Waals surface area contributed by atoms with Crippen LogP contribution in [0, 0.1) is 0 Å². The first kappa shape index (κ1) is 23.4. The average molecular weight is 343 g/mol. The first-order chi connectivity index (χ1) is 11.8. The molecule has 0 N–H and O–H groups in total. The lowest BCUT2D eigenvalue weighted by Crippen LogP contribution is -2.25. The van der Waals surface area contributed by atoms with Crippen molar-refractivity contribution < 1.29 is 14.3 Å². The Bertz CT molecular complexity index is 266. The van der Waals surface area contributed by atoms with Crippen molar-refractivity contribution in [2.24, 2.45) is 0 Å². The summed E-state index contributed by atoms with van der Waals surface area (Å²) in [5.74, 6) is -0.213. The third-order valence-corrected chi connectivity index (χ3v) is 4.65. The van der Waals surface area contributed by atoms with E-state index in [4.69, 9.17) is 9.47 Å². The Morgan fingerprint density at radius 2 is 1.12 bits per heavy atom. The maximum absolute atomic E-state index is 11.6. The number of carbonyl (C=O) groups is 1. The fourth-order valence-corrected chi connectivity index (χ4v) is 3.09. The summed E-state index contributed by atoms with van der Waals surface area (Å²) < 4.78 is 10.2. The van der Waals surface area contributed by atoms with E-state index in [0.717, 1.165) is 12.8 Å². The van der Waals surface area contributed by atoms with E-state index in [2.05, 4.69) is 6.92 Å². The number of esters is 1. The molecule has 0 aliphatic rings. The topological polar surface area (TPSA) is 35.5 Å². The molecule has 0 amide bonds. The molecular weight excluding hydrogens is 300 g/mol. The number of carbonyl (C=O) groups excluding carboxylic acids is 1. The van der Waals surface area contributed by atoms with Crippen LogP contribution in [0.1, 0.15) is 110 Å². The van der Waals surface area contributed by atoms with Crippen LogP contribution in [0.2, 0.25) is 0 Å². The standard InChI is InChI=1S/C21H42O3/c1-4-6-7-8-9-10-11-12-13-14-15-16-17-18-19-20(23-3)21(22)24-5-2/h20H,4-19H2,1-3H3. The minimum atomic E-state index is -0.373. The Morgan fingerprint density at radius 1 is 0.708 bits per heavy atom. The van der Waals surface area contributed by atoms with Crippen LogP contribution in [0.3, 0.4) is 0 Å². The van der Waals surface area contributed by atoms with Crippen LogP contribution in [0.25, 0.3) is 0 Å². The first-order valence-corrected chi connectivity index (χ1v) is 10.5. The fraction of sp³-hybridized carbons (Fsp3) is 0.952. The third-order valence-electron chi connectivity index (χ3n) is 4.65. The summed E-state index contributed by atoms with van der Waals surface area (Å²) in [6.07, 6.45) is 19.3. The molecule has 0 radical (unpaired) electrons. The largest absolute Gasteiger partial charge is 0.464 e. The molecule has 0 aromatic heterocycles.